The van der Waals surface area contributed by atoms with Crippen molar-refractivity contribution in [2.45, 2.75) is 26.2 Å². The summed E-state index contributed by atoms with van der Waals surface area (Å²) >= 11 is 0. The molecule has 0 aliphatic rings. The Bertz CT molecular complexity index is 774. The van der Waals surface area contributed by atoms with Crippen molar-refractivity contribution in [2.75, 3.05) is 0 Å². The Balaban J connectivity index is 2.42. The number of allylic oxidation sites excluding steroid dienone is 1. The van der Waals surface area contributed by atoms with E-state index in [1.807, 2.05) is 24.3 Å². The summed E-state index contributed by atoms with van der Waals surface area (Å²) in [5.74, 6) is 0. The summed E-state index contributed by atoms with van der Waals surface area (Å²) in [5, 5.41) is 19.8. The summed E-state index contributed by atoms with van der Waals surface area (Å²) in [4.78, 5) is 10.3. The highest BCUT2D eigenvalue weighted by Crippen LogP contribution is 2.28. The number of non-ortho nitro benzene ring substituents is 1. The molecule has 4 heteroatoms. The van der Waals surface area contributed by atoms with Crippen LogP contribution < -0.4 is 0 Å². The van der Waals surface area contributed by atoms with E-state index in [9.17, 15) is 10.1 Å². The minimum Gasteiger partial charge on any atom is -0.258 e. The third kappa shape index (κ3) is 3.83. The van der Waals surface area contributed by atoms with Crippen LogP contribution in [0.4, 0.5) is 5.69 Å². The van der Waals surface area contributed by atoms with Crippen molar-refractivity contribution in [3.63, 3.8) is 0 Å². The molecule has 0 heterocycles. The number of hydrogen-bond donors (Lipinski definition) is 0. The Kier molecular flexibility index (Phi) is 4.61. The largest absolute Gasteiger partial charge is 0.269 e. The summed E-state index contributed by atoms with van der Waals surface area (Å²) in [5.41, 5.74) is 3.75. The predicted octanol–water partition coefficient (Wildman–Crippen LogP) is 4.85. The van der Waals surface area contributed by atoms with Gasteiger partial charge in [-0.2, -0.15) is 5.26 Å². The fraction of sp³-hybridized carbons (Fsp3) is 0.211. The van der Waals surface area contributed by atoms with Crippen LogP contribution in [0, 0.1) is 21.4 Å². The van der Waals surface area contributed by atoms with E-state index in [4.69, 9.17) is 5.26 Å². The van der Waals surface area contributed by atoms with E-state index >= 15 is 0 Å². The molecular formula is C19H18N2O2. The summed E-state index contributed by atoms with van der Waals surface area (Å²) in [7, 11) is 0. The lowest BCUT2D eigenvalue weighted by Crippen LogP contribution is -2.10. The average molecular weight is 306 g/mol. The van der Waals surface area contributed by atoms with Crippen molar-refractivity contribution in [2.24, 2.45) is 0 Å². The van der Waals surface area contributed by atoms with E-state index < -0.39 is 4.92 Å². The molecule has 0 unspecified atom stereocenters. The maximum atomic E-state index is 10.7. The van der Waals surface area contributed by atoms with Gasteiger partial charge in [-0.15, -0.1) is 0 Å². The summed E-state index contributed by atoms with van der Waals surface area (Å²) < 4.78 is 0. The molecule has 0 spiro atoms. The standard InChI is InChI=1S/C19H18N2O2/c1-19(2,3)16-8-4-14(5-9-16)18(12-13-20)15-6-10-17(11-7-15)21(22)23/h4-12H,1-3H3/b18-12-. The second kappa shape index (κ2) is 6.45. The Labute approximate surface area is 135 Å². The van der Waals surface area contributed by atoms with Crippen LogP contribution >= 0.6 is 0 Å². The first-order chi connectivity index (χ1) is 10.8. The third-order valence-corrected chi connectivity index (χ3v) is 3.66. The zero-order chi connectivity index (χ0) is 17.0. The smallest absolute Gasteiger partial charge is 0.258 e. The normalized spacial score (nSPS) is 11.8. The highest BCUT2D eigenvalue weighted by Gasteiger charge is 2.14. The first-order valence-corrected chi connectivity index (χ1v) is 7.28. The molecule has 0 N–H and O–H groups in total. The molecule has 4 nitrogen and oxygen atoms in total. The zero-order valence-electron chi connectivity index (χ0n) is 13.4. The van der Waals surface area contributed by atoms with Gasteiger partial charge < -0.3 is 0 Å². The fourth-order valence-electron chi connectivity index (χ4n) is 2.31. The van der Waals surface area contributed by atoms with Gasteiger partial charge in [0.15, 0.2) is 0 Å². The van der Waals surface area contributed by atoms with Gasteiger partial charge in [-0.25, -0.2) is 0 Å². The second-order valence-corrected chi connectivity index (χ2v) is 6.32. The first kappa shape index (κ1) is 16.4. The van der Waals surface area contributed by atoms with Gasteiger partial charge >= 0.3 is 0 Å². The molecule has 2 rings (SSSR count). The molecular weight excluding hydrogens is 288 g/mol. The minimum absolute atomic E-state index is 0.0353. The number of hydrogen-bond acceptors (Lipinski definition) is 3. The van der Waals surface area contributed by atoms with Gasteiger partial charge in [-0.05, 0) is 39.8 Å². The molecule has 0 atom stereocenters. The lowest BCUT2D eigenvalue weighted by atomic mass is 9.85. The van der Waals surface area contributed by atoms with Crippen LogP contribution in [-0.2, 0) is 5.41 Å². The van der Waals surface area contributed by atoms with Gasteiger partial charge in [0, 0.05) is 18.2 Å². The van der Waals surface area contributed by atoms with Crippen LogP contribution in [0.2, 0.25) is 0 Å². The number of nitro benzene ring substituents is 1. The van der Waals surface area contributed by atoms with Crippen LogP contribution in [-0.4, -0.2) is 4.92 Å². The third-order valence-electron chi connectivity index (χ3n) is 3.66. The van der Waals surface area contributed by atoms with Gasteiger partial charge in [0.05, 0.1) is 11.0 Å². The number of rotatable bonds is 3. The van der Waals surface area contributed by atoms with Gasteiger partial charge in [0.25, 0.3) is 5.69 Å². The fourth-order valence-corrected chi connectivity index (χ4v) is 2.31. The van der Waals surface area contributed by atoms with Crippen molar-refractivity contribution in [1.82, 2.24) is 0 Å². The lowest BCUT2D eigenvalue weighted by Gasteiger charge is -2.19. The van der Waals surface area contributed by atoms with Crippen LogP contribution in [0.25, 0.3) is 5.57 Å². The maximum Gasteiger partial charge on any atom is 0.269 e. The molecule has 0 saturated heterocycles. The molecule has 0 fully saturated rings. The lowest BCUT2D eigenvalue weighted by molar-refractivity contribution is -0.384. The Morgan fingerprint density at radius 3 is 1.91 bits per heavy atom. The van der Waals surface area contributed by atoms with Crippen molar-refractivity contribution < 1.29 is 4.92 Å². The van der Waals surface area contributed by atoms with E-state index in [-0.39, 0.29) is 11.1 Å². The van der Waals surface area contributed by atoms with Crippen molar-refractivity contribution in [3.8, 4) is 6.07 Å². The van der Waals surface area contributed by atoms with Gasteiger partial charge in [0.1, 0.15) is 0 Å². The highest BCUT2D eigenvalue weighted by atomic mass is 16.6. The van der Waals surface area contributed by atoms with E-state index in [1.54, 1.807) is 12.1 Å². The van der Waals surface area contributed by atoms with Gasteiger partial charge in [0.2, 0.25) is 0 Å². The molecule has 0 aromatic heterocycles. The Morgan fingerprint density at radius 1 is 1.04 bits per heavy atom. The summed E-state index contributed by atoms with van der Waals surface area (Å²) in [6, 6.07) is 16.3. The second-order valence-electron chi connectivity index (χ2n) is 6.32. The molecule has 0 aliphatic carbocycles. The topological polar surface area (TPSA) is 66.9 Å². The van der Waals surface area contributed by atoms with E-state index in [1.165, 1.54) is 23.8 Å². The van der Waals surface area contributed by atoms with Crippen LogP contribution in [0.5, 0.6) is 0 Å². The van der Waals surface area contributed by atoms with E-state index in [0.717, 1.165) is 16.7 Å². The predicted molar refractivity (Wildman–Crippen MR) is 90.9 cm³/mol. The Hall–Kier alpha value is -2.93. The molecule has 0 bridgehead atoms. The van der Waals surface area contributed by atoms with Gasteiger partial charge in [-0.1, -0.05) is 45.0 Å². The number of benzene rings is 2. The number of nitriles is 1. The molecule has 2 aromatic rings. The Morgan fingerprint density at radius 2 is 1.52 bits per heavy atom. The molecule has 0 saturated carbocycles. The average Bonchev–Trinajstić information content (AvgIpc) is 2.52. The summed E-state index contributed by atoms with van der Waals surface area (Å²) in [6.07, 6.45) is 1.47. The molecule has 116 valence electrons. The maximum absolute atomic E-state index is 10.7. The van der Waals surface area contributed by atoms with Gasteiger partial charge in [-0.3, -0.25) is 10.1 Å². The first-order valence-electron chi connectivity index (χ1n) is 7.28. The van der Waals surface area contributed by atoms with Crippen LogP contribution in [0.1, 0.15) is 37.5 Å². The summed E-state index contributed by atoms with van der Waals surface area (Å²) in [6.45, 7) is 6.43. The molecule has 0 aliphatic heterocycles. The quantitative estimate of drug-likeness (QED) is 0.462. The monoisotopic (exact) mass is 306 g/mol. The minimum atomic E-state index is -0.435. The molecule has 0 amide bonds. The number of nitro groups is 1. The van der Waals surface area contributed by atoms with Crippen molar-refractivity contribution in [3.05, 3.63) is 81.4 Å². The molecule has 2 aromatic carbocycles. The van der Waals surface area contributed by atoms with E-state index in [0.29, 0.717) is 0 Å². The number of nitrogens with zero attached hydrogens (tertiary/aromatic N) is 2. The highest BCUT2D eigenvalue weighted by molar-refractivity contribution is 5.81. The molecule has 23 heavy (non-hydrogen) atoms. The van der Waals surface area contributed by atoms with Crippen molar-refractivity contribution in [1.29, 1.82) is 5.26 Å². The van der Waals surface area contributed by atoms with Crippen LogP contribution in [0.15, 0.2) is 54.6 Å². The zero-order valence-corrected chi connectivity index (χ0v) is 13.4. The van der Waals surface area contributed by atoms with Crippen molar-refractivity contribution >= 4 is 11.3 Å². The van der Waals surface area contributed by atoms with Crippen LogP contribution in [0.3, 0.4) is 0 Å². The molecule has 0 radical (unpaired) electrons. The van der Waals surface area contributed by atoms with E-state index in [2.05, 4.69) is 26.8 Å². The SMILES string of the molecule is CC(C)(C)c1ccc(/C(=C/C#N)c2ccc([N+](=O)[O-])cc2)cc1.